The van der Waals surface area contributed by atoms with Gasteiger partial charge in [-0.2, -0.15) is 4.68 Å². The number of nitrogens with zero attached hydrogens (tertiary/aromatic N) is 4. The van der Waals surface area contributed by atoms with Crippen molar-refractivity contribution in [3.05, 3.63) is 66.7 Å². The van der Waals surface area contributed by atoms with Crippen LogP contribution in [0.5, 0.6) is 5.75 Å². The number of aromatic nitrogens is 4. The van der Waals surface area contributed by atoms with E-state index in [2.05, 4.69) is 20.8 Å². The molecule has 1 heterocycles. The average Bonchev–Trinajstić information content (AvgIpc) is 3.16. The molecule has 2 N–H and O–H groups in total. The van der Waals surface area contributed by atoms with E-state index in [1.165, 1.54) is 17.8 Å². The van der Waals surface area contributed by atoms with E-state index in [9.17, 15) is 9.90 Å². The fraction of sp³-hybridized carbons (Fsp3) is 0.0526. The van der Waals surface area contributed by atoms with Crippen molar-refractivity contribution in [2.24, 2.45) is 0 Å². The third kappa shape index (κ3) is 3.61. The summed E-state index contributed by atoms with van der Waals surface area (Å²) in [5.41, 5.74) is 1.22. The van der Waals surface area contributed by atoms with E-state index in [-0.39, 0.29) is 17.4 Å². The largest absolute Gasteiger partial charge is 0.506 e. The standard InChI is InChI=1S/C19H15N5O2S/c25-17-11-4-3-9-15(17)20-18(26)12-27-19-21-22-23-24(19)16-10-5-7-13-6-1-2-8-14(13)16/h1-11,25H,12H2,(H,20,26). The molecule has 3 aromatic carbocycles. The normalized spacial score (nSPS) is 10.8. The van der Waals surface area contributed by atoms with Gasteiger partial charge in [-0.15, -0.1) is 5.10 Å². The van der Waals surface area contributed by atoms with E-state index in [1.54, 1.807) is 22.9 Å². The molecular weight excluding hydrogens is 362 g/mol. The smallest absolute Gasteiger partial charge is 0.234 e. The first-order chi connectivity index (χ1) is 13.2. The second-order valence-electron chi connectivity index (χ2n) is 5.73. The minimum atomic E-state index is -0.256. The van der Waals surface area contributed by atoms with Crippen LogP contribution in [0.2, 0.25) is 0 Å². The molecule has 4 aromatic rings. The Morgan fingerprint density at radius 3 is 2.70 bits per heavy atom. The molecule has 7 nitrogen and oxygen atoms in total. The predicted octanol–water partition coefficient (Wildman–Crippen LogP) is 3.25. The third-order valence-electron chi connectivity index (χ3n) is 3.95. The number of phenolic OH excluding ortho intramolecular Hbond substituents is 1. The Bertz CT molecular complexity index is 1110. The number of carbonyl (C=O) groups excluding carboxylic acids is 1. The molecule has 27 heavy (non-hydrogen) atoms. The maximum absolute atomic E-state index is 12.2. The number of aromatic hydroxyl groups is 1. The SMILES string of the molecule is O=C(CSc1nnnn1-c1cccc2ccccc12)Nc1ccccc1O. The molecule has 0 saturated carbocycles. The number of amides is 1. The molecule has 1 aromatic heterocycles. The highest BCUT2D eigenvalue weighted by atomic mass is 32.2. The Morgan fingerprint density at radius 2 is 1.81 bits per heavy atom. The molecule has 4 rings (SSSR count). The lowest BCUT2D eigenvalue weighted by Gasteiger charge is -2.09. The van der Waals surface area contributed by atoms with Gasteiger partial charge >= 0.3 is 0 Å². The first kappa shape index (κ1) is 17.0. The molecule has 0 aliphatic rings. The van der Waals surface area contributed by atoms with E-state index in [0.717, 1.165) is 16.5 Å². The van der Waals surface area contributed by atoms with Gasteiger partial charge in [0.1, 0.15) is 5.75 Å². The number of tetrazole rings is 1. The van der Waals surface area contributed by atoms with Crippen LogP contribution in [0, 0.1) is 0 Å². The first-order valence-electron chi connectivity index (χ1n) is 8.19. The van der Waals surface area contributed by atoms with Gasteiger partial charge < -0.3 is 10.4 Å². The number of thioether (sulfide) groups is 1. The molecule has 0 saturated heterocycles. The molecule has 0 fully saturated rings. The molecule has 0 atom stereocenters. The molecule has 0 bridgehead atoms. The molecule has 0 aliphatic heterocycles. The van der Waals surface area contributed by atoms with Crippen molar-refractivity contribution in [3.8, 4) is 11.4 Å². The van der Waals surface area contributed by atoms with Gasteiger partial charge in [0.2, 0.25) is 11.1 Å². The monoisotopic (exact) mass is 377 g/mol. The minimum Gasteiger partial charge on any atom is -0.506 e. The number of fused-ring (bicyclic) bond motifs is 1. The average molecular weight is 377 g/mol. The Morgan fingerprint density at radius 1 is 1.04 bits per heavy atom. The number of benzene rings is 3. The third-order valence-corrected chi connectivity index (χ3v) is 4.87. The summed E-state index contributed by atoms with van der Waals surface area (Å²) in [5, 5.41) is 26.9. The van der Waals surface area contributed by atoms with Gasteiger partial charge in [-0.05, 0) is 34.0 Å². The Hall–Kier alpha value is -3.39. The minimum absolute atomic E-state index is 0.0245. The summed E-state index contributed by atoms with van der Waals surface area (Å²) in [5.74, 6) is -0.121. The van der Waals surface area contributed by atoms with E-state index in [1.807, 2.05) is 42.5 Å². The maximum atomic E-state index is 12.2. The lowest BCUT2D eigenvalue weighted by Crippen LogP contribution is -2.14. The summed E-state index contributed by atoms with van der Waals surface area (Å²) >= 11 is 1.22. The Labute approximate surface area is 159 Å². The van der Waals surface area contributed by atoms with Gasteiger partial charge in [-0.3, -0.25) is 4.79 Å². The fourth-order valence-corrected chi connectivity index (χ4v) is 3.39. The molecule has 0 radical (unpaired) electrons. The number of hydrogen-bond acceptors (Lipinski definition) is 6. The van der Waals surface area contributed by atoms with E-state index in [4.69, 9.17) is 0 Å². The number of nitrogens with one attached hydrogen (secondary N) is 1. The second kappa shape index (κ2) is 7.46. The highest BCUT2D eigenvalue weighted by Gasteiger charge is 2.14. The van der Waals surface area contributed by atoms with Crippen LogP contribution in [0.25, 0.3) is 16.5 Å². The van der Waals surface area contributed by atoms with E-state index in [0.29, 0.717) is 10.8 Å². The molecule has 0 spiro atoms. The maximum Gasteiger partial charge on any atom is 0.234 e. The first-order valence-corrected chi connectivity index (χ1v) is 9.18. The number of para-hydroxylation sites is 2. The quantitative estimate of drug-likeness (QED) is 0.410. The zero-order valence-corrected chi connectivity index (χ0v) is 14.9. The van der Waals surface area contributed by atoms with Gasteiger partial charge in [-0.1, -0.05) is 60.3 Å². The van der Waals surface area contributed by atoms with E-state index >= 15 is 0 Å². The summed E-state index contributed by atoms with van der Waals surface area (Å²) in [6.07, 6.45) is 0. The molecule has 0 unspecified atom stereocenters. The number of anilines is 1. The summed E-state index contributed by atoms with van der Waals surface area (Å²) < 4.78 is 1.63. The van der Waals surface area contributed by atoms with Crippen LogP contribution in [-0.2, 0) is 4.79 Å². The van der Waals surface area contributed by atoms with Gasteiger partial charge in [-0.25, -0.2) is 0 Å². The molecule has 0 aliphatic carbocycles. The lowest BCUT2D eigenvalue weighted by molar-refractivity contribution is -0.113. The van der Waals surface area contributed by atoms with Crippen LogP contribution in [0.1, 0.15) is 0 Å². The van der Waals surface area contributed by atoms with Crippen molar-refractivity contribution in [2.45, 2.75) is 5.16 Å². The molecular formula is C19H15N5O2S. The van der Waals surface area contributed by atoms with Crippen molar-refractivity contribution in [1.29, 1.82) is 0 Å². The van der Waals surface area contributed by atoms with Gasteiger partial charge in [0.05, 0.1) is 17.1 Å². The molecule has 134 valence electrons. The van der Waals surface area contributed by atoms with Crippen LogP contribution < -0.4 is 5.32 Å². The number of rotatable bonds is 5. The van der Waals surface area contributed by atoms with Crippen LogP contribution >= 0.6 is 11.8 Å². The highest BCUT2D eigenvalue weighted by Crippen LogP contribution is 2.26. The lowest BCUT2D eigenvalue weighted by atomic mass is 10.1. The summed E-state index contributed by atoms with van der Waals surface area (Å²) in [7, 11) is 0. The number of hydrogen-bond donors (Lipinski definition) is 2. The molecule has 8 heteroatoms. The van der Waals surface area contributed by atoms with Crippen molar-refractivity contribution >= 4 is 34.1 Å². The summed E-state index contributed by atoms with van der Waals surface area (Å²) in [6, 6.07) is 20.5. The van der Waals surface area contributed by atoms with Crippen LogP contribution in [0.15, 0.2) is 71.9 Å². The predicted molar refractivity (Wildman–Crippen MR) is 104 cm³/mol. The Kier molecular flexibility index (Phi) is 4.71. The number of carbonyl (C=O) groups is 1. The second-order valence-corrected chi connectivity index (χ2v) is 6.67. The van der Waals surface area contributed by atoms with Crippen LogP contribution in [-0.4, -0.2) is 37.0 Å². The van der Waals surface area contributed by atoms with Gasteiger partial charge in [0, 0.05) is 5.39 Å². The number of phenols is 1. The van der Waals surface area contributed by atoms with Crippen molar-refractivity contribution < 1.29 is 9.90 Å². The van der Waals surface area contributed by atoms with Crippen molar-refractivity contribution in [2.75, 3.05) is 11.1 Å². The fourth-order valence-electron chi connectivity index (χ4n) is 2.71. The van der Waals surface area contributed by atoms with Crippen molar-refractivity contribution in [1.82, 2.24) is 20.2 Å². The highest BCUT2D eigenvalue weighted by molar-refractivity contribution is 7.99. The van der Waals surface area contributed by atoms with Crippen LogP contribution in [0.4, 0.5) is 5.69 Å². The summed E-state index contributed by atoms with van der Waals surface area (Å²) in [6.45, 7) is 0. The van der Waals surface area contributed by atoms with Crippen molar-refractivity contribution in [3.63, 3.8) is 0 Å². The van der Waals surface area contributed by atoms with E-state index < -0.39 is 0 Å². The zero-order chi connectivity index (χ0) is 18.6. The molecule has 1 amide bonds. The Balaban J connectivity index is 1.53. The van der Waals surface area contributed by atoms with Gasteiger partial charge in [0.15, 0.2) is 0 Å². The zero-order valence-electron chi connectivity index (χ0n) is 14.1. The topological polar surface area (TPSA) is 92.9 Å². The van der Waals surface area contributed by atoms with Crippen LogP contribution in [0.3, 0.4) is 0 Å². The summed E-state index contributed by atoms with van der Waals surface area (Å²) in [4.78, 5) is 12.2. The van der Waals surface area contributed by atoms with Gasteiger partial charge in [0.25, 0.3) is 0 Å².